The molecule has 1 fully saturated rings. The Morgan fingerprint density at radius 1 is 0.704 bits per heavy atom. The average molecular weight is 372 g/mol. The molecule has 2 aliphatic rings. The molecule has 0 saturated carbocycles. The predicted molar refractivity (Wildman–Crippen MR) is 113 cm³/mol. The monoisotopic (exact) mass is 372 g/mol. The second kappa shape index (κ2) is 5.27. The third-order valence-electron chi connectivity index (χ3n) is 8.61. The van der Waals surface area contributed by atoms with Gasteiger partial charge in [0.15, 0.2) is 11.5 Å². The van der Waals surface area contributed by atoms with Crippen LogP contribution in [0.2, 0.25) is 0 Å². The summed E-state index contributed by atoms with van der Waals surface area (Å²) >= 11 is 0. The molecule has 0 aromatic heterocycles. The molecule has 1 aliphatic carbocycles. The number of fused-ring (bicyclic) bond motifs is 1. The second-order valence-electron chi connectivity index (χ2n) is 10.9. The van der Waals surface area contributed by atoms with E-state index in [-0.39, 0.29) is 27.7 Å². The summed E-state index contributed by atoms with van der Waals surface area (Å²) in [5.41, 5.74) is 1.79. The summed E-state index contributed by atoms with van der Waals surface area (Å²) in [6.45, 7) is 21.2. The van der Waals surface area contributed by atoms with Crippen LogP contribution in [0.5, 0.6) is 11.5 Å². The van der Waals surface area contributed by atoms with Gasteiger partial charge in [-0.15, -0.1) is 0 Å². The van der Waals surface area contributed by atoms with E-state index >= 15 is 0 Å². The van der Waals surface area contributed by atoms with E-state index in [0.29, 0.717) is 5.46 Å². The maximum atomic E-state index is 11.1. The fraction of sp³-hybridized carbons (Fsp3) is 0.714. The Morgan fingerprint density at radius 3 is 1.56 bits per heavy atom. The molecule has 0 radical (unpaired) electrons. The molecule has 1 heterocycles. The number of hydrogen-bond donors (Lipinski definition) is 2. The van der Waals surface area contributed by atoms with Crippen molar-refractivity contribution >= 4 is 25.9 Å². The Hall–Kier alpha value is -1.13. The highest BCUT2D eigenvalue weighted by Crippen LogP contribution is 2.63. The van der Waals surface area contributed by atoms with Gasteiger partial charge in [0.2, 0.25) is 0 Å². The first kappa shape index (κ1) is 20.6. The molecule has 1 aromatic rings. The fourth-order valence-corrected chi connectivity index (χ4v) is 4.91. The van der Waals surface area contributed by atoms with Gasteiger partial charge in [-0.3, -0.25) is 0 Å². The Balaban J connectivity index is 2.31. The molecular formula is C21H34B2O4. The average Bonchev–Trinajstić information content (AvgIpc) is 2.75. The molecule has 0 bridgehead atoms. The molecule has 1 aliphatic heterocycles. The van der Waals surface area contributed by atoms with E-state index in [2.05, 4.69) is 41.5 Å². The van der Waals surface area contributed by atoms with Crippen molar-refractivity contribution in [1.29, 1.82) is 0 Å². The second-order valence-corrected chi connectivity index (χ2v) is 10.9. The van der Waals surface area contributed by atoms with E-state index < -0.39 is 18.3 Å². The van der Waals surface area contributed by atoms with Crippen LogP contribution < -0.4 is 10.9 Å². The highest BCUT2D eigenvalue weighted by molar-refractivity contribution is 6.69. The molecule has 27 heavy (non-hydrogen) atoms. The van der Waals surface area contributed by atoms with Crippen LogP contribution >= 0.6 is 0 Å². The molecule has 6 heteroatoms. The van der Waals surface area contributed by atoms with E-state index in [9.17, 15) is 10.2 Å². The summed E-state index contributed by atoms with van der Waals surface area (Å²) < 4.78 is 12.4. The van der Waals surface area contributed by atoms with Gasteiger partial charge in [-0.25, -0.2) is 0 Å². The zero-order valence-corrected chi connectivity index (χ0v) is 18.8. The van der Waals surface area contributed by atoms with Gasteiger partial charge in [0.05, 0.1) is 11.2 Å². The lowest BCUT2D eigenvalue weighted by Gasteiger charge is -2.44. The van der Waals surface area contributed by atoms with Crippen LogP contribution in [0.3, 0.4) is 0 Å². The lowest BCUT2D eigenvalue weighted by Crippen LogP contribution is -2.48. The van der Waals surface area contributed by atoms with Crippen LogP contribution in [0.25, 0.3) is 0 Å². The highest BCUT2D eigenvalue weighted by atomic mass is 16.7. The van der Waals surface area contributed by atoms with Gasteiger partial charge in [-0.05, 0) is 49.5 Å². The zero-order chi connectivity index (χ0) is 21.0. The van der Waals surface area contributed by atoms with Gasteiger partial charge in [0, 0.05) is 11.0 Å². The topological polar surface area (TPSA) is 58.9 Å². The van der Waals surface area contributed by atoms with Crippen molar-refractivity contribution in [3.8, 4) is 11.5 Å². The molecule has 0 spiro atoms. The summed E-state index contributed by atoms with van der Waals surface area (Å²) in [5, 5.41) is 22.1. The Labute approximate surface area is 165 Å². The third-order valence-corrected chi connectivity index (χ3v) is 8.61. The van der Waals surface area contributed by atoms with E-state index in [1.807, 2.05) is 35.5 Å². The first-order chi connectivity index (χ1) is 11.9. The molecule has 1 aromatic carbocycles. The van der Waals surface area contributed by atoms with Crippen molar-refractivity contribution < 1.29 is 19.5 Å². The van der Waals surface area contributed by atoms with Gasteiger partial charge in [0.25, 0.3) is 0 Å². The highest BCUT2D eigenvalue weighted by Gasteiger charge is 2.60. The van der Waals surface area contributed by atoms with E-state index in [4.69, 9.17) is 9.31 Å². The third kappa shape index (κ3) is 2.26. The van der Waals surface area contributed by atoms with Gasteiger partial charge in [0.1, 0.15) is 7.85 Å². The van der Waals surface area contributed by atoms with Crippen LogP contribution in [0.15, 0.2) is 0 Å². The van der Waals surface area contributed by atoms with Gasteiger partial charge in [-0.2, -0.15) is 0 Å². The Kier molecular flexibility index (Phi) is 4.02. The molecule has 0 atom stereocenters. The predicted octanol–water partition coefficient (Wildman–Crippen LogP) is 2.25. The zero-order valence-electron chi connectivity index (χ0n) is 18.8. The molecule has 0 unspecified atom stereocenters. The summed E-state index contributed by atoms with van der Waals surface area (Å²) in [4.78, 5) is 0. The minimum Gasteiger partial charge on any atom is -0.505 e. The number of hydrogen-bond acceptors (Lipinski definition) is 4. The maximum Gasteiger partial charge on any atom is 0.498 e. The van der Waals surface area contributed by atoms with Crippen LogP contribution in [-0.4, -0.2) is 36.4 Å². The van der Waals surface area contributed by atoms with Crippen LogP contribution in [-0.2, 0) is 20.1 Å². The number of phenolic OH excluding ortho intramolecular Hbond substituents is 2. The van der Waals surface area contributed by atoms with Crippen LogP contribution in [0.4, 0.5) is 0 Å². The standard InChI is InChI=1S/C21H34B2O4/c1-17(2)11-12(18(3,4)19(17,5)6)15(24)16(25)14(13(11)22)23-26-20(7,8)21(9,10)27-23/h24-25H,22H2,1-10H3. The lowest BCUT2D eigenvalue weighted by molar-refractivity contribution is 0.00578. The number of aromatic hydroxyl groups is 2. The Morgan fingerprint density at radius 2 is 1.11 bits per heavy atom. The molecule has 2 N–H and O–H groups in total. The summed E-state index contributed by atoms with van der Waals surface area (Å²) in [6, 6.07) is 0. The molecule has 1 saturated heterocycles. The van der Waals surface area contributed by atoms with Gasteiger partial charge >= 0.3 is 7.12 Å². The van der Waals surface area contributed by atoms with Crippen molar-refractivity contribution in [3.63, 3.8) is 0 Å². The van der Waals surface area contributed by atoms with Gasteiger partial charge in [-0.1, -0.05) is 47.0 Å². The number of phenols is 2. The molecule has 4 nitrogen and oxygen atoms in total. The minimum absolute atomic E-state index is 0.0380. The van der Waals surface area contributed by atoms with Crippen molar-refractivity contribution in [1.82, 2.24) is 0 Å². The smallest absolute Gasteiger partial charge is 0.498 e. The number of benzene rings is 1. The van der Waals surface area contributed by atoms with Gasteiger partial charge < -0.3 is 19.5 Å². The molecular weight excluding hydrogens is 338 g/mol. The quantitative estimate of drug-likeness (QED) is 0.587. The fourth-order valence-electron chi connectivity index (χ4n) is 4.91. The minimum atomic E-state index is -0.714. The van der Waals surface area contributed by atoms with E-state index in [0.717, 1.165) is 16.6 Å². The van der Waals surface area contributed by atoms with Crippen molar-refractivity contribution in [2.75, 3.05) is 0 Å². The van der Waals surface area contributed by atoms with Crippen molar-refractivity contribution in [2.24, 2.45) is 5.41 Å². The summed E-state index contributed by atoms with van der Waals surface area (Å²) in [7, 11) is 1.30. The summed E-state index contributed by atoms with van der Waals surface area (Å²) in [5.74, 6) is -0.157. The lowest BCUT2D eigenvalue weighted by atomic mass is 9.58. The Bertz CT molecular complexity index is 806. The normalized spacial score (nSPS) is 26.2. The molecule has 148 valence electrons. The molecule has 0 amide bonds. The first-order valence-corrected chi connectivity index (χ1v) is 9.87. The van der Waals surface area contributed by atoms with Crippen LogP contribution in [0, 0.1) is 5.41 Å². The van der Waals surface area contributed by atoms with E-state index in [1.165, 1.54) is 0 Å². The van der Waals surface area contributed by atoms with E-state index in [1.54, 1.807) is 0 Å². The largest absolute Gasteiger partial charge is 0.505 e. The SMILES string of the molecule is Bc1c(B2OC(C)(C)C(C)(C)O2)c(O)c(O)c2c1C(C)(C)C(C)(C)C2(C)C. The van der Waals surface area contributed by atoms with Crippen molar-refractivity contribution in [2.45, 2.75) is 91.3 Å². The maximum absolute atomic E-state index is 11.1. The van der Waals surface area contributed by atoms with Crippen molar-refractivity contribution in [3.05, 3.63) is 11.1 Å². The summed E-state index contributed by atoms with van der Waals surface area (Å²) in [6.07, 6.45) is 0. The molecule has 3 rings (SSSR count). The first-order valence-electron chi connectivity index (χ1n) is 9.87. The number of rotatable bonds is 1. The van der Waals surface area contributed by atoms with Crippen LogP contribution in [0.1, 0.15) is 80.4 Å².